The molecule has 0 aromatic heterocycles. The van der Waals surface area contributed by atoms with Gasteiger partial charge in [0, 0.05) is 0 Å². The molecular formula is C10H16O2. The molecule has 0 bridgehead atoms. The molecular weight excluding hydrogens is 152 g/mol. The van der Waals surface area contributed by atoms with Crippen LogP contribution in [0, 0.1) is 11.8 Å². The van der Waals surface area contributed by atoms with Crippen LogP contribution in [0.3, 0.4) is 0 Å². The maximum absolute atomic E-state index is 8.90. The van der Waals surface area contributed by atoms with Crippen LogP contribution in [0.2, 0.25) is 0 Å². The van der Waals surface area contributed by atoms with Crippen molar-refractivity contribution in [3.8, 4) is 11.8 Å². The van der Waals surface area contributed by atoms with E-state index in [1.807, 2.05) is 13.0 Å². The van der Waals surface area contributed by atoms with Crippen LogP contribution in [0.15, 0.2) is 12.2 Å². The van der Waals surface area contributed by atoms with E-state index in [0.717, 1.165) is 0 Å². The Hall–Kier alpha value is -0.780. The van der Waals surface area contributed by atoms with Crippen LogP contribution in [0.25, 0.3) is 0 Å². The Bertz CT molecular complexity index is 184. The lowest BCUT2D eigenvalue weighted by molar-refractivity contribution is 0.126. The summed E-state index contributed by atoms with van der Waals surface area (Å²) in [5.74, 6) is 5.54. The van der Waals surface area contributed by atoms with Crippen LogP contribution in [0.4, 0.5) is 0 Å². The van der Waals surface area contributed by atoms with Crippen LogP contribution < -0.4 is 0 Å². The highest BCUT2D eigenvalue weighted by Crippen LogP contribution is 1.93. The highest BCUT2D eigenvalue weighted by molar-refractivity contribution is 4.96. The topological polar surface area (TPSA) is 29.5 Å². The summed E-state index contributed by atoms with van der Waals surface area (Å²) in [6, 6.07) is 0. The molecule has 68 valence electrons. The minimum absolute atomic E-state index is 0.0143. The highest BCUT2D eigenvalue weighted by atomic mass is 16.5. The quantitative estimate of drug-likeness (QED) is 0.507. The average Bonchev–Trinajstić information content (AvgIpc) is 2.01. The van der Waals surface area contributed by atoms with E-state index in [2.05, 4.69) is 11.8 Å². The Kier molecular flexibility index (Phi) is 6.45. The fraction of sp³-hybridized carbons (Fsp3) is 0.600. The molecule has 0 saturated heterocycles. The summed E-state index contributed by atoms with van der Waals surface area (Å²) in [6.07, 6.45) is 3.13. The summed E-state index contributed by atoms with van der Waals surface area (Å²) in [7, 11) is 0. The van der Waals surface area contributed by atoms with Gasteiger partial charge in [0.1, 0.15) is 6.61 Å². The van der Waals surface area contributed by atoms with Gasteiger partial charge in [0.15, 0.2) is 0 Å². The SMILES string of the molecule is CC#CCO[C@H](C)C=C[C@@H](C)O. The zero-order valence-corrected chi connectivity index (χ0v) is 7.87. The van der Waals surface area contributed by atoms with Gasteiger partial charge >= 0.3 is 0 Å². The predicted molar refractivity (Wildman–Crippen MR) is 49.7 cm³/mol. The lowest BCUT2D eigenvalue weighted by atomic mass is 10.3. The first-order valence-corrected chi connectivity index (χ1v) is 4.04. The molecule has 0 rings (SSSR count). The molecule has 0 fully saturated rings. The fourth-order valence-electron chi connectivity index (χ4n) is 0.618. The van der Waals surface area contributed by atoms with Crippen molar-refractivity contribution in [2.24, 2.45) is 0 Å². The van der Waals surface area contributed by atoms with E-state index in [9.17, 15) is 0 Å². The normalized spacial score (nSPS) is 15.3. The van der Waals surface area contributed by atoms with Crippen molar-refractivity contribution in [1.29, 1.82) is 0 Å². The van der Waals surface area contributed by atoms with Crippen LogP contribution >= 0.6 is 0 Å². The minimum atomic E-state index is -0.409. The maximum Gasteiger partial charge on any atom is 0.108 e. The van der Waals surface area contributed by atoms with Crippen LogP contribution in [-0.2, 0) is 4.74 Å². The van der Waals surface area contributed by atoms with Crippen LogP contribution in [-0.4, -0.2) is 23.9 Å². The molecule has 0 heterocycles. The lowest BCUT2D eigenvalue weighted by Gasteiger charge is -2.04. The lowest BCUT2D eigenvalue weighted by Crippen LogP contribution is -2.06. The van der Waals surface area contributed by atoms with E-state index >= 15 is 0 Å². The molecule has 0 saturated carbocycles. The number of hydrogen-bond acceptors (Lipinski definition) is 2. The van der Waals surface area contributed by atoms with Gasteiger partial charge in [-0.1, -0.05) is 18.1 Å². The standard InChI is InChI=1S/C10H16O2/c1-4-5-8-12-10(3)7-6-9(2)11/h6-7,9-11H,8H2,1-3H3/t9-,10-/m1/s1. The Morgan fingerprint density at radius 1 is 1.42 bits per heavy atom. The molecule has 2 atom stereocenters. The molecule has 0 radical (unpaired) electrons. The molecule has 12 heavy (non-hydrogen) atoms. The first-order chi connectivity index (χ1) is 5.66. The average molecular weight is 168 g/mol. The summed E-state index contributed by atoms with van der Waals surface area (Å²) >= 11 is 0. The third-order valence-corrected chi connectivity index (χ3v) is 1.26. The zero-order chi connectivity index (χ0) is 9.40. The molecule has 0 aromatic carbocycles. The number of aliphatic hydroxyl groups is 1. The van der Waals surface area contributed by atoms with Crippen LogP contribution in [0.1, 0.15) is 20.8 Å². The van der Waals surface area contributed by atoms with Gasteiger partial charge in [-0.05, 0) is 20.8 Å². The predicted octanol–water partition coefficient (Wildman–Crippen LogP) is 1.35. The highest BCUT2D eigenvalue weighted by Gasteiger charge is 1.94. The summed E-state index contributed by atoms with van der Waals surface area (Å²) in [5, 5.41) is 8.90. The smallest absolute Gasteiger partial charge is 0.108 e. The van der Waals surface area contributed by atoms with Crippen molar-refractivity contribution in [3.05, 3.63) is 12.2 Å². The minimum Gasteiger partial charge on any atom is -0.389 e. The summed E-state index contributed by atoms with van der Waals surface area (Å²) in [5.41, 5.74) is 0. The van der Waals surface area contributed by atoms with Crippen molar-refractivity contribution < 1.29 is 9.84 Å². The van der Waals surface area contributed by atoms with Gasteiger partial charge in [-0.3, -0.25) is 0 Å². The second kappa shape index (κ2) is 6.90. The molecule has 0 aliphatic heterocycles. The number of rotatable bonds is 4. The number of aliphatic hydroxyl groups excluding tert-OH is 1. The maximum atomic E-state index is 8.90. The van der Waals surface area contributed by atoms with E-state index in [1.165, 1.54) is 0 Å². The molecule has 0 unspecified atom stereocenters. The first kappa shape index (κ1) is 11.2. The Morgan fingerprint density at radius 2 is 2.08 bits per heavy atom. The molecule has 0 aromatic rings. The van der Waals surface area contributed by atoms with Crippen LogP contribution in [0.5, 0.6) is 0 Å². The van der Waals surface area contributed by atoms with Gasteiger partial charge in [-0.2, -0.15) is 0 Å². The largest absolute Gasteiger partial charge is 0.389 e. The molecule has 0 amide bonds. The number of hydrogen-bond donors (Lipinski definition) is 1. The second-order valence-electron chi connectivity index (χ2n) is 2.57. The molecule has 0 aliphatic rings. The molecule has 2 nitrogen and oxygen atoms in total. The zero-order valence-electron chi connectivity index (χ0n) is 7.87. The van der Waals surface area contributed by atoms with Gasteiger partial charge in [0.05, 0.1) is 12.2 Å². The van der Waals surface area contributed by atoms with Gasteiger partial charge in [0.25, 0.3) is 0 Å². The van der Waals surface area contributed by atoms with Gasteiger partial charge < -0.3 is 9.84 Å². The van der Waals surface area contributed by atoms with Crippen molar-refractivity contribution in [1.82, 2.24) is 0 Å². The van der Waals surface area contributed by atoms with Crippen molar-refractivity contribution in [2.45, 2.75) is 33.0 Å². The number of ether oxygens (including phenoxy) is 1. The van der Waals surface area contributed by atoms with E-state index in [1.54, 1.807) is 19.9 Å². The summed E-state index contributed by atoms with van der Waals surface area (Å²) in [6.45, 7) is 5.84. The summed E-state index contributed by atoms with van der Waals surface area (Å²) in [4.78, 5) is 0. The van der Waals surface area contributed by atoms with E-state index in [4.69, 9.17) is 9.84 Å². The summed E-state index contributed by atoms with van der Waals surface area (Å²) < 4.78 is 5.26. The van der Waals surface area contributed by atoms with Crippen molar-refractivity contribution >= 4 is 0 Å². The van der Waals surface area contributed by atoms with Crippen molar-refractivity contribution in [2.75, 3.05) is 6.61 Å². The third-order valence-electron chi connectivity index (χ3n) is 1.26. The molecule has 0 spiro atoms. The van der Waals surface area contributed by atoms with Gasteiger partial charge in [0.2, 0.25) is 0 Å². The van der Waals surface area contributed by atoms with E-state index < -0.39 is 6.10 Å². The third kappa shape index (κ3) is 7.33. The van der Waals surface area contributed by atoms with E-state index in [-0.39, 0.29) is 6.10 Å². The molecule has 0 aliphatic carbocycles. The molecule has 1 N–H and O–H groups in total. The Balaban J connectivity index is 3.56. The Labute approximate surface area is 74.2 Å². The first-order valence-electron chi connectivity index (χ1n) is 4.04. The van der Waals surface area contributed by atoms with E-state index in [0.29, 0.717) is 6.61 Å². The monoisotopic (exact) mass is 168 g/mol. The van der Waals surface area contributed by atoms with Gasteiger partial charge in [-0.25, -0.2) is 0 Å². The second-order valence-corrected chi connectivity index (χ2v) is 2.57. The fourth-order valence-corrected chi connectivity index (χ4v) is 0.618. The Morgan fingerprint density at radius 3 is 2.58 bits per heavy atom. The van der Waals surface area contributed by atoms with Crippen molar-refractivity contribution in [3.63, 3.8) is 0 Å². The molecule has 2 heteroatoms. The van der Waals surface area contributed by atoms with Gasteiger partial charge in [-0.15, -0.1) is 5.92 Å².